The van der Waals surface area contributed by atoms with E-state index in [0.717, 1.165) is 0 Å². The van der Waals surface area contributed by atoms with Gasteiger partial charge >= 0.3 is 0 Å². The van der Waals surface area contributed by atoms with Crippen molar-refractivity contribution in [1.29, 1.82) is 0 Å². The van der Waals surface area contributed by atoms with Crippen molar-refractivity contribution in [3.63, 3.8) is 0 Å². The van der Waals surface area contributed by atoms with Gasteiger partial charge in [-0.05, 0) is 120 Å². The Kier molecular flexibility index (Phi) is 12.9. The molecule has 10 heteroatoms. The molecule has 0 spiro atoms. The lowest BCUT2D eigenvalue weighted by atomic mass is 9.85. The fraction of sp³-hybridized carbons (Fsp3) is 1.00. The van der Waals surface area contributed by atoms with Gasteiger partial charge in [0, 0.05) is 9.65 Å². The summed E-state index contributed by atoms with van der Waals surface area (Å²) in [5, 5.41) is 44.6. The zero-order valence-corrected chi connectivity index (χ0v) is 30.3. The Hall–Kier alpha value is 1.30. The topological polar surface area (TPSA) is 99.4 Å². The molecule has 0 aliphatic carbocycles. The van der Waals surface area contributed by atoms with E-state index < -0.39 is 56.6 Å². The van der Waals surface area contributed by atoms with E-state index in [-0.39, 0.29) is 9.65 Å². The maximum absolute atomic E-state index is 11.2. The number of alkyl halides is 4. The molecule has 2 fully saturated rings. The number of ether oxygens (including phenoxy) is 2. The predicted octanol–water partition coefficient (Wildman–Crippen LogP) is 6.99. The molecule has 40 heavy (non-hydrogen) atoms. The second kappa shape index (κ2) is 13.7. The molecule has 10 atom stereocenters. The molecule has 6 nitrogen and oxygen atoms in total. The van der Waals surface area contributed by atoms with Gasteiger partial charge in [0.25, 0.3) is 0 Å². The van der Waals surface area contributed by atoms with E-state index in [0.29, 0.717) is 64.2 Å². The standard InChI is InChI=1S/C30H54Br2Cl2O6/c1-25(2,33)19(31)11-15-27(5,37)23-13-17-29(7,39-23)21(35)9-10-22(36)30(8)18-14-24(40-30)28(6,38)16-12-20(32)26(3,4)34/h19-24,35-38H,9-18H2,1-8H3/t19-,20-,21+,22+,23+,24+,27+,28+,29-,30-/m0/s1. The van der Waals surface area contributed by atoms with E-state index in [2.05, 4.69) is 31.9 Å². The van der Waals surface area contributed by atoms with Gasteiger partial charge in [0.1, 0.15) is 0 Å². The molecule has 0 amide bonds. The zero-order chi connectivity index (χ0) is 30.9. The number of hydrogen-bond acceptors (Lipinski definition) is 6. The normalized spacial score (nSPS) is 34.2. The molecular formula is C30H54Br2Cl2O6. The lowest BCUT2D eigenvalue weighted by Gasteiger charge is -2.38. The van der Waals surface area contributed by atoms with E-state index in [9.17, 15) is 20.4 Å². The minimum atomic E-state index is -1.05. The summed E-state index contributed by atoms with van der Waals surface area (Å²) < 4.78 is 12.6. The summed E-state index contributed by atoms with van der Waals surface area (Å²) in [4.78, 5) is -0.749. The van der Waals surface area contributed by atoms with E-state index >= 15 is 0 Å². The Labute approximate surface area is 269 Å². The molecule has 2 heterocycles. The first-order valence-corrected chi connectivity index (χ1v) is 17.3. The van der Waals surface area contributed by atoms with E-state index in [1.165, 1.54) is 0 Å². The molecule has 2 rings (SSSR count). The van der Waals surface area contributed by atoms with Crippen LogP contribution in [0.4, 0.5) is 0 Å². The summed E-state index contributed by atoms with van der Waals surface area (Å²) in [6.07, 6.45) is 3.28. The fourth-order valence-electron chi connectivity index (χ4n) is 5.86. The Balaban J connectivity index is 1.89. The largest absolute Gasteiger partial charge is 0.390 e. The van der Waals surface area contributed by atoms with Crippen LogP contribution in [0.25, 0.3) is 0 Å². The number of rotatable bonds is 15. The summed E-state index contributed by atoms with van der Waals surface area (Å²) in [5.41, 5.74) is -3.70. The summed E-state index contributed by atoms with van der Waals surface area (Å²) in [7, 11) is 0. The van der Waals surface area contributed by atoms with Gasteiger partial charge in [-0.1, -0.05) is 31.9 Å². The molecule has 2 saturated heterocycles. The predicted molar refractivity (Wildman–Crippen MR) is 171 cm³/mol. The van der Waals surface area contributed by atoms with Crippen molar-refractivity contribution >= 4 is 55.1 Å². The van der Waals surface area contributed by atoms with Gasteiger partial charge in [-0.15, -0.1) is 23.2 Å². The molecule has 0 unspecified atom stereocenters. The van der Waals surface area contributed by atoms with Crippen molar-refractivity contribution in [3.8, 4) is 0 Å². The number of aliphatic hydroxyl groups is 4. The van der Waals surface area contributed by atoms with Crippen LogP contribution in [0.5, 0.6) is 0 Å². The molecule has 0 aromatic rings. The highest BCUT2D eigenvalue weighted by molar-refractivity contribution is 9.09. The van der Waals surface area contributed by atoms with Gasteiger partial charge in [0.05, 0.1) is 56.6 Å². The molecule has 0 saturated carbocycles. The summed E-state index contributed by atoms with van der Waals surface area (Å²) in [6.45, 7) is 15.1. The van der Waals surface area contributed by atoms with Crippen LogP contribution in [0.2, 0.25) is 0 Å². The van der Waals surface area contributed by atoms with E-state index in [1.54, 1.807) is 13.8 Å². The zero-order valence-electron chi connectivity index (χ0n) is 25.7. The first-order valence-electron chi connectivity index (χ1n) is 14.8. The maximum Gasteiger partial charge on any atom is 0.0918 e. The fourth-order valence-corrected chi connectivity index (χ4v) is 6.54. The number of aliphatic hydroxyl groups excluding tert-OH is 2. The van der Waals surface area contributed by atoms with Gasteiger partial charge < -0.3 is 29.9 Å². The van der Waals surface area contributed by atoms with Gasteiger partial charge in [0.2, 0.25) is 0 Å². The molecule has 0 aromatic heterocycles. The van der Waals surface area contributed by atoms with Crippen molar-refractivity contribution in [1.82, 2.24) is 0 Å². The van der Waals surface area contributed by atoms with Crippen LogP contribution in [0, 0.1) is 0 Å². The van der Waals surface area contributed by atoms with Crippen LogP contribution in [0.15, 0.2) is 0 Å². The SMILES string of the molecule is CC(C)(Cl)[C@@H](Br)CC[C@@](C)(O)[C@H]1CC[C@@](C)([C@H](O)CC[C@@H](O)[C@]2(C)CC[C@H]([C@](C)(O)CC[C@H](Br)C(C)(C)Cl)O2)O1. The molecule has 238 valence electrons. The first-order chi connectivity index (χ1) is 17.9. The van der Waals surface area contributed by atoms with Crippen LogP contribution in [0.1, 0.15) is 120 Å². The highest BCUT2D eigenvalue weighted by Crippen LogP contribution is 2.44. The van der Waals surface area contributed by atoms with E-state index in [1.807, 2.05) is 41.5 Å². The summed E-state index contributed by atoms with van der Waals surface area (Å²) >= 11 is 20.1. The van der Waals surface area contributed by atoms with Crippen molar-refractivity contribution < 1.29 is 29.9 Å². The molecule has 2 aliphatic rings. The van der Waals surface area contributed by atoms with Crippen LogP contribution < -0.4 is 0 Å². The second-order valence-corrected chi connectivity index (χ2v) is 18.5. The van der Waals surface area contributed by atoms with Crippen LogP contribution in [0.3, 0.4) is 0 Å². The van der Waals surface area contributed by atoms with Crippen LogP contribution >= 0.6 is 55.1 Å². The van der Waals surface area contributed by atoms with Crippen LogP contribution in [-0.2, 0) is 9.47 Å². The molecule has 0 bridgehead atoms. The molecular weight excluding hydrogens is 687 g/mol. The first kappa shape index (κ1) is 37.5. The van der Waals surface area contributed by atoms with Crippen LogP contribution in [-0.4, -0.2) is 86.6 Å². The maximum atomic E-state index is 11.2. The molecule has 4 N–H and O–H groups in total. The van der Waals surface area contributed by atoms with Gasteiger partial charge in [-0.2, -0.15) is 0 Å². The average molecular weight is 741 g/mol. The number of halogens is 4. The summed E-state index contributed by atoms with van der Waals surface area (Å²) in [6, 6.07) is 0. The molecule has 2 aliphatic heterocycles. The highest BCUT2D eigenvalue weighted by atomic mass is 79.9. The second-order valence-electron chi connectivity index (χ2n) is 14.4. The average Bonchev–Trinajstić information content (AvgIpc) is 3.44. The van der Waals surface area contributed by atoms with Gasteiger partial charge in [-0.25, -0.2) is 0 Å². The van der Waals surface area contributed by atoms with Crippen molar-refractivity contribution in [2.75, 3.05) is 0 Å². The van der Waals surface area contributed by atoms with E-state index in [4.69, 9.17) is 32.7 Å². The van der Waals surface area contributed by atoms with Gasteiger partial charge in [-0.3, -0.25) is 0 Å². The van der Waals surface area contributed by atoms with Crippen molar-refractivity contribution in [2.45, 2.75) is 186 Å². The third kappa shape index (κ3) is 9.90. The third-order valence-corrected chi connectivity index (χ3v) is 13.7. The number of hydrogen-bond donors (Lipinski definition) is 4. The van der Waals surface area contributed by atoms with Gasteiger partial charge in [0.15, 0.2) is 0 Å². The minimum Gasteiger partial charge on any atom is -0.390 e. The molecule has 0 aromatic carbocycles. The Morgan fingerprint density at radius 1 is 0.700 bits per heavy atom. The monoisotopic (exact) mass is 738 g/mol. The Morgan fingerprint density at radius 3 is 1.27 bits per heavy atom. The Morgan fingerprint density at radius 2 is 1.00 bits per heavy atom. The Bertz CT molecular complexity index is 751. The third-order valence-electron chi connectivity index (χ3n) is 9.44. The molecule has 0 radical (unpaired) electrons. The highest BCUT2D eigenvalue weighted by Gasteiger charge is 2.50. The minimum absolute atomic E-state index is 0.0505. The lowest BCUT2D eigenvalue weighted by Crippen LogP contribution is -2.47. The smallest absolute Gasteiger partial charge is 0.0918 e. The quantitative estimate of drug-likeness (QED) is 0.135. The lowest BCUT2D eigenvalue weighted by molar-refractivity contribution is -0.172. The van der Waals surface area contributed by atoms with Crippen molar-refractivity contribution in [3.05, 3.63) is 0 Å². The summed E-state index contributed by atoms with van der Waals surface area (Å²) in [5.74, 6) is 0. The van der Waals surface area contributed by atoms with Crippen molar-refractivity contribution in [2.24, 2.45) is 0 Å².